The van der Waals surface area contributed by atoms with Crippen molar-refractivity contribution in [2.75, 3.05) is 6.61 Å². The van der Waals surface area contributed by atoms with Gasteiger partial charge in [-0.05, 0) is 28.8 Å². The van der Waals surface area contributed by atoms with E-state index in [0.717, 1.165) is 11.8 Å². The molecule has 0 aromatic heterocycles. The van der Waals surface area contributed by atoms with Gasteiger partial charge in [0.1, 0.15) is 12.5 Å². The molecule has 0 bridgehead atoms. The molecular formula is C10H14BrF2NO3. The molecule has 2 amide bonds. The molecule has 0 spiro atoms. The number of cyclic esters (lactones) is 1. The Morgan fingerprint density at radius 1 is 1.53 bits per heavy atom. The minimum Gasteiger partial charge on any atom is -0.447 e. The number of hydrogen-bond donors (Lipinski definition) is 0. The second-order valence-corrected chi connectivity index (χ2v) is 5.42. The number of amides is 2. The summed E-state index contributed by atoms with van der Waals surface area (Å²) in [5.74, 6) is -2.58. The fourth-order valence-electron chi connectivity index (χ4n) is 1.53. The molecule has 7 heteroatoms. The lowest BCUT2D eigenvalue weighted by Crippen LogP contribution is -2.47. The smallest absolute Gasteiger partial charge is 0.416 e. The molecule has 0 aromatic rings. The summed E-state index contributed by atoms with van der Waals surface area (Å²) < 4.78 is 30.7. The second-order valence-electron chi connectivity index (χ2n) is 4.36. The van der Waals surface area contributed by atoms with Crippen LogP contribution in [0.15, 0.2) is 0 Å². The Labute approximate surface area is 106 Å². The van der Waals surface area contributed by atoms with Gasteiger partial charge in [-0.25, -0.2) is 9.69 Å². The van der Waals surface area contributed by atoms with Crippen LogP contribution in [0.3, 0.4) is 0 Å². The van der Waals surface area contributed by atoms with Crippen LogP contribution in [-0.4, -0.2) is 34.4 Å². The standard InChI is InChI=1S/C10H14BrF2NO3/c1-5(2)7-4-17-9(16)14(7)8(15)6(3)10(11,12)13/h5-7H,4H2,1-3H3/t6-,7+/m0/s1. The van der Waals surface area contributed by atoms with Gasteiger partial charge in [-0.2, -0.15) is 8.78 Å². The first-order chi connectivity index (χ1) is 7.66. The van der Waals surface area contributed by atoms with Gasteiger partial charge in [0.05, 0.1) is 6.04 Å². The van der Waals surface area contributed by atoms with Crippen molar-refractivity contribution in [3.8, 4) is 0 Å². The predicted molar refractivity (Wildman–Crippen MR) is 59.9 cm³/mol. The highest BCUT2D eigenvalue weighted by Crippen LogP contribution is 2.34. The SMILES string of the molecule is CC(C)[C@H]1COC(=O)N1C(=O)[C@H](C)C(F)(F)Br. The zero-order chi connectivity index (χ0) is 13.4. The molecule has 0 saturated carbocycles. The van der Waals surface area contributed by atoms with Crippen molar-refractivity contribution in [1.29, 1.82) is 0 Å². The molecule has 0 unspecified atom stereocenters. The molecule has 1 aliphatic heterocycles. The van der Waals surface area contributed by atoms with Gasteiger partial charge in [0.15, 0.2) is 0 Å². The van der Waals surface area contributed by atoms with E-state index in [1.807, 2.05) is 0 Å². The summed E-state index contributed by atoms with van der Waals surface area (Å²) in [5.41, 5.74) is 0. The fourth-order valence-corrected chi connectivity index (χ4v) is 1.72. The lowest BCUT2D eigenvalue weighted by atomic mass is 10.0. The largest absolute Gasteiger partial charge is 0.447 e. The van der Waals surface area contributed by atoms with Crippen molar-refractivity contribution in [3.05, 3.63) is 0 Å². The summed E-state index contributed by atoms with van der Waals surface area (Å²) >= 11 is 2.14. The summed E-state index contributed by atoms with van der Waals surface area (Å²) in [5, 5.41) is 0. The Bertz CT molecular complexity index is 330. The summed E-state index contributed by atoms with van der Waals surface area (Å²) in [6.45, 7) is 4.72. The Kier molecular flexibility index (Phi) is 4.11. The van der Waals surface area contributed by atoms with Crippen LogP contribution in [0.4, 0.5) is 13.6 Å². The summed E-state index contributed by atoms with van der Waals surface area (Å²) in [7, 11) is 0. The minimum absolute atomic E-state index is 0.0402. The fraction of sp³-hybridized carbons (Fsp3) is 0.800. The first-order valence-electron chi connectivity index (χ1n) is 5.22. The van der Waals surface area contributed by atoms with Crippen LogP contribution in [-0.2, 0) is 9.53 Å². The number of imide groups is 1. The minimum atomic E-state index is -3.34. The molecule has 2 atom stereocenters. The normalized spacial score (nSPS) is 22.9. The van der Waals surface area contributed by atoms with Gasteiger partial charge in [-0.1, -0.05) is 13.8 Å². The molecule has 4 nitrogen and oxygen atoms in total. The Morgan fingerprint density at radius 3 is 2.47 bits per heavy atom. The van der Waals surface area contributed by atoms with Gasteiger partial charge in [0, 0.05) is 0 Å². The topological polar surface area (TPSA) is 46.6 Å². The van der Waals surface area contributed by atoms with Crippen molar-refractivity contribution in [3.63, 3.8) is 0 Å². The van der Waals surface area contributed by atoms with Crippen molar-refractivity contribution in [2.45, 2.75) is 31.6 Å². The molecule has 0 radical (unpaired) electrons. The highest BCUT2D eigenvalue weighted by Gasteiger charge is 2.47. The van der Waals surface area contributed by atoms with E-state index < -0.39 is 28.8 Å². The zero-order valence-corrected chi connectivity index (χ0v) is 11.3. The van der Waals surface area contributed by atoms with E-state index in [2.05, 4.69) is 15.9 Å². The molecule has 98 valence electrons. The van der Waals surface area contributed by atoms with Crippen molar-refractivity contribution in [2.24, 2.45) is 11.8 Å². The molecular weight excluding hydrogens is 300 g/mol. The molecule has 1 fully saturated rings. The summed E-state index contributed by atoms with van der Waals surface area (Å²) in [4.78, 5) is 20.7. The first-order valence-corrected chi connectivity index (χ1v) is 6.02. The number of halogens is 3. The molecule has 0 N–H and O–H groups in total. The third-order valence-electron chi connectivity index (χ3n) is 2.77. The van der Waals surface area contributed by atoms with E-state index in [1.54, 1.807) is 13.8 Å². The maximum Gasteiger partial charge on any atom is 0.416 e. The number of rotatable bonds is 3. The Balaban J connectivity index is 2.90. The van der Waals surface area contributed by atoms with Gasteiger partial charge in [-0.15, -0.1) is 0 Å². The van der Waals surface area contributed by atoms with E-state index in [0.29, 0.717) is 0 Å². The van der Waals surface area contributed by atoms with E-state index in [4.69, 9.17) is 4.74 Å². The maximum absolute atomic E-state index is 13.0. The average molecular weight is 314 g/mol. The molecule has 1 aliphatic rings. The molecule has 17 heavy (non-hydrogen) atoms. The van der Waals surface area contributed by atoms with Crippen LogP contribution in [0, 0.1) is 11.8 Å². The van der Waals surface area contributed by atoms with Crippen LogP contribution in [0.5, 0.6) is 0 Å². The van der Waals surface area contributed by atoms with Gasteiger partial charge < -0.3 is 4.74 Å². The number of carbonyl (C=O) groups is 2. The number of ether oxygens (including phenoxy) is 1. The Morgan fingerprint density at radius 2 is 2.06 bits per heavy atom. The molecule has 1 heterocycles. The number of nitrogens with zero attached hydrogens (tertiary/aromatic N) is 1. The second kappa shape index (κ2) is 4.88. The first kappa shape index (κ1) is 14.3. The third kappa shape index (κ3) is 2.94. The average Bonchev–Trinajstić information content (AvgIpc) is 2.56. The molecule has 1 rings (SSSR count). The van der Waals surface area contributed by atoms with Crippen LogP contribution >= 0.6 is 15.9 Å². The van der Waals surface area contributed by atoms with Crippen molar-refractivity contribution < 1.29 is 23.1 Å². The van der Waals surface area contributed by atoms with E-state index >= 15 is 0 Å². The number of alkyl halides is 3. The van der Waals surface area contributed by atoms with Gasteiger partial charge in [0.25, 0.3) is 0 Å². The molecule has 1 saturated heterocycles. The monoisotopic (exact) mass is 313 g/mol. The predicted octanol–water partition coefficient (Wildman–Crippen LogP) is 2.61. The third-order valence-corrected chi connectivity index (χ3v) is 3.46. The maximum atomic E-state index is 13.0. The van der Waals surface area contributed by atoms with Crippen molar-refractivity contribution >= 4 is 27.9 Å². The Hall–Kier alpha value is -0.720. The van der Waals surface area contributed by atoms with Crippen LogP contribution in [0.25, 0.3) is 0 Å². The van der Waals surface area contributed by atoms with Crippen LogP contribution in [0.1, 0.15) is 20.8 Å². The highest BCUT2D eigenvalue weighted by atomic mass is 79.9. The van der Waals surface area contributed by atoms with Crippen molar-refractivity contribution in [1.82, 2.24) is 4.90 Å². The molecule has 0 aliphatic carbocycles. The lowest BCUT2D eigenvalue weighted by molar-refractivity contribution is -0.139. The van der Waals surface area contributed by atoms with E-state index in [1.165, 1.54) is 0 Å². The van der Waals surface area contributed by atoms with Crippen LogP contribution in [0.2, 0.25) is 0 Å². The number of hydrogen-bond acceptors (Lipinski definition) is 3. The lowest BCUT2D eigenvalue weighted by Gasteiger charge is -2.26. The quantitative estimate of drug-likeness (QED) is 0.752. The van der Waals surface area contributed by atoms with Gasteiger partial charge in [-0.3, -0.25) is 4.79 Å². The molecule has 0 aromatic carbocycles. The highest BCUT2D eigenvalue weighted by molar-refractivity contribution is 9.10. The zero-order valence-electron chi connectivity index (χ0n) is 9.75. The van der Waals surface area contributed by atoms with Gasteiger partial charge in [0.2, 0.25) is 5.91 Å². The van der Waals surface area contributed by atoms with E-state index in [-0.39, 0.29) is 12.5 Å². The number of carbonyl (C=O) groups excluding carboxylic acids is 2. The van der Waals surface area contributed by atoms with Gasteiger partial charge >= 0.3 is 10.9 Å². The summed E-state index contributed by atoms with van der Waals surface area (Å²) in [6.07, 6.45) is -0.850. The van der Waals surface area contributed by atoms with E-state index in [9.17, 15) is 18.4 Å². The van der Waals surface area contributed by atoms with Crippen LogP contribution < -0.4 is 0 Å². The summed E-state index contributed by atoms with van der Waals surface area (Å²) in [6, 6.07) is -0.479.